The topological polar surface area (TPSA) is 87.7 Å². The average Bonchev–Trinajstić information content (AvgIpc) is 3.02. The van der Waals surface area contributed by atoms with E-state index in [0.29, 0.717) is 43.8 Å². The third kappa shape index (κ3) is 5.05. The van der Waals surface area contributed by atoms with Crippen molar-refractivity contribution < 1.29 is 19.1 Å². The van der Waals surface area contributed by atoms with Crippen LogP contribution in [-0.4, -0.2) is 54.4 Å². The molecule has 2 heterocycles. The number of nitrogens with one attached hydrogen (secondary N) is 2. The van der Waals surface area contributed by atoms with E-state index in [2.05, 4.69) is 10.6 Å². The number of ether oxygens (including phenoxy) is 1. The summed E-state index contributed by atoms with van der Waals surface area (Å²) in [5.74, 6) is 0.137. The van der Waals surface area contributed by atoms with E-state index in [9.17, 15) is 14.4 Å². The smallest absolute Gasteiger partial charge is 0.255 e. The Balaban J connectivity index is 1.34. The lowest BCUT2D eigenvalue weighted by molar-refractivity contribution is -0.135. The largest absolute Gasteiger partial charge is 0.485 e. The standard InChI is InChI=1S/C24H27N3O4/c28-21(25-14-11-18-6-2-1-3-7-18)16-27-15-13-24(12-10-22(27)29)17-26-23(30)19-8-4-5-9-20(19)31-24/h1-9H,10-17H2,(H,25,28)(H,26,30). The van der Waals surface area contributed by atoms with Crippen LogP contribution in [0.4, 0.5) is 0 Å². The molecule has 3 amide bonds. The van der Waals surface area contributed by atoms with Gasteiger partial charge in [0, 0.05) is 25.9 Å². The van der Waals surface area contributed by atoms with Gasteiger partial charge in [0.15, 0.2) is 0 Å². The van der Waals surface area contributed by atoms with Crippen molar-refractivity contribution in [3.8, 4) is 5.75 Å². The van der Waals surface area contributed by atoms with E-state index in [1.807, 2.05) is 36.4 Å². The molecular formula is C24H27N3O4. The van der Waals surface area contributed by atoms with Crippen molar-refractivity contribution in [2.45, 2.75) is 31.3 Å². The van der Waals surface area contributed by atoms with Crippen LogP contribution in [0.1, 0.15) is 35.2 Å². The summed E-state index contributed by atoms with van der Waals surface area (Å²) < 4.78 is 6.29. The van der Waals surface area contributed by atoms with Crippen molar-refractivity contribution in [3.05, 3.63) is 65.7 Å². The van der Waals surface area contributed by atoms with Gasteiger partial charge in [-0.1, -0.05) is 42.5 Å². The highest BCUT2D eigenvalue weighted by atomic mass is 16.5. The van der Waals surface area contributed by atoms with Gasteiger partial charge < -0.3 is 20.3 Å². The number of likely N-dealkylation sites (tertiary alicyclic amines) is 1. The van der Waals surface area contributed by atoms with Crippen LogP contribution in [0.5, 0.6) is 5.75 Å². The van der Waals surface area contributed by atoms with Crippen LogP contribution in [0.25, 0.3) is 0 Å². The van der Waals surface area contributed by atoms with Crippen LogP contribution in [0.15, 0.2) is 54.6 Å². The van der Waals surface area contributed by atoms with E-state index < -0.39 is 5.60 Å². The second-order valence-electron chi connectivity index (χ2n) is 8.11. The molecule has 2 aromatic rings. The quantitative estimate of drug-likeness (QED) is 0.772. The van der Waals surface area contributed by atoms with Gasteiger partial charge in [0.05, 0.1) is 18.7 Å². The molecule has 1 spiro atoms. The van der Waals surface area contributed by atoms with Crippen LogP contribution in [0, 0.1) is 0 Å². The zero-order valence-electron chi connectivity index (χ0n) is 17.4. The van der Waals surface area contributed by atoms with Gasteiger partial charge in [0.25, 0.3) is 5.91 Å². The predicted octanol–water partition coefficient (Wildman–Crippen LogP) is 1.92. The number of carbonyl (C=O) groups excluding carboxylic acids is 3. The minimum atomic E-state index is -0.656. The number of carbonyl (C=O) groups is 3. The second-order valence-corrected chi connectivity index (χ2v) is 8.11. The summed E-state index contributed by atoms with van der Waals surface area (Å²) >= 11 is 0. The lowest BCUT2D eigenvalue weighted by Crippen LogP contribution is -2.46. The number of para-hydroxylation sites is 1. The van der Waals surface area contributed by atoms with Crippen LogP contribution < -0.4 is 15.4 Å². The lowest BCUT2D eigenvalue weighted by Gasteiger charge is -2.32. The van der Waals surface area contributed by atoms with Crippen molar-refractivity contribution >= 4 is 17.7 Å². The number of rotatable bonds is 5. The minimum Gasteiger partial charge on any atom is -0.485 e. The SMILES string of the molecule is O=C(CN1CCC2(CCC1=O)CNC(=O)c1ccccc1O2)NCCc1ccccc1. The summed E-state index contributed by atoms with van der Waals surface area (Å²) in [4.78, 5) is 39.0. The normalized spacial score (nSPS) is 20.8. The summed E-state index contributed by atoms with van der Waals surface area (Å²) in [5, 5.41) is 5.83. The number of nitrogens with zero attached hydrogens (tertiary/aromatic N) is 1. The van der Waals surface area contributed by atoms with Gasteiger partial charge in [0.1, 0.15) is 11.4 Å². The van der Waals surface area contributed by atoms with Crippen LogP contribution in [-0.2, 0) is 16.0 Å². The van der Waals surface area contributed by atoms with Crippen LogP contribution in [0.3, 0.4) is 0 Å². The Hall–Kier alpha value is -3.35. The Bertz CT molecular complexity index is 962. The first kappa shape index (κ1) is 20.9. The van der Waals surface area contributed by atoms with E-state index in [1.54, 1.807) is 23.1 Å². The molecule has 2 aliphatic heterocycles. The first-order chi connectivity index (χ1) is 15.0. The summed E-state index contributed by atoms with van der Waals surface area (Å²) in [6.45, 7) is 1.31. The molecule has 31 heavy (non-hydrogen) atoms. The van der Waals surface area contributed by atoms with Crippen molar-refractivity contribution in [3.63, 3.8) is 0 Å². The molecule has 0 bridgehead atoms. The fourth-order valence-electron chi connectivity index (χ4n) is 4.10. The van der Waals surface area contributed by atoms with Crippen molar-refractivity contribution in [1.29, 1.82) is 0 Å². The van der Waals surface area contributed by atoms with Gasteiger partial charge in [-0.25, -0.2) is 0 Å². The van der Waals surface area contributed by atoms with Crippen LogP contribution >= 0.6 is 0 Å². The molecule has 1 saturated heterocycles. The molecule has 0 radical (unpaired) electrons. The fraction of sp³-hybridized carbons (Fsp3) is 0.375. The fourth-order valence-corrected chi connectivity index (χ4v) is 4.10. The third-order valence-corrected chi connectivity index (χ3v) is 5.93. The number of hydrogen-bond acceptors (Lipinski definition) is 4. The van der Waals surface area contributed by atoms with E-state index in [4.69, 9.17) is 4.74 Å². The first-order valence-electron chi connectivity index (χ1n) is 10.7. The molecule has 7 heteroatoms. The molecule has 0 aliphatic carbocycles. The highest BCUT2D eigenvalue weighted by Gasteiger charge is 2.40. The Labute approximate surface area is 181 Å². The Kier molecular flexibility index (Phi) is 6.21. The Morgan fingerprint density at radius 1 is 1.06 bits per heavy atom. The maximum absolute atomic E-state index is 12.7. The average molecular weight is 421 g/mol. The summed E-state index contributed by atoms with van der Waals surface area (Å²) in [6, 6.07) is 17.1. The minimum absolute atomic E-state index is 0.0344. The highest BCUT2D eigenvalue weighted by Crippen LogP contribution is 2.33. The summed E-state index contributed by atoms with van der Waals surface area (Å²) in [7, 11) is 0. The van der Waals surface area contributed by atoms with Gasteiger partial charge in [-0.2, -0.15) is 0 Å². The number of fused-ring (bicyclic) bond motifs is 1. The van der Waals surface area contributed by atoms with Crippen LogP contribution in [0.2, 0.25) is 0 Å². The highest BCUT2D eigenvalue weighted by molar-refractivity contribution is 5.97. The first-order valence-corrected chi connectivity index (χ1v) is 10.7. The molecule has 0 aromatic heterocycles. The Morgan fingerprint density at radius 3 is 2.68 bits per heavy atom. The van der Waals surface area contributed by atoms with Crippen molar-refractivity contribution in [2.24, 2.45) is 0 Å². The second kappa shape index (κ2) is 9.20. The molecule has 2 N–H and O–H groups in total. The Morgan fingerprint density at radius 2 is 1.84 bits per heavy atom. The molecular weight excluding hydrogens is 394 g/mol. The van der Waals surface area contributed by atoms with E-state index in [-0.39, 0.29) is 30.7 Å². The maximum Gasteiger partial charge on any atom is 0.255 e. The number of amides is 3. The monoisotopic (exact) mass is 421 g/mol. The van der Waals surface area contributed by atoms with Gasteiger partial charge in [-0.15, -0.1) is 0 Å². The number of benzene rings is 2. The van der Waals surface area contributed by atoms with Crippen molar-refractivity contribution in [2.75, 3.05) is 26.2 Å². The molecule has 1 atom stereocenters. The zero-order chi connectivity index (χ0) is 21.7. The van der Waals surface area contributed by atoms with Gasteiger partial charge >= 0.3 is 0 Å². The summed E-state index contributed by atoms with van der Waals surface area (Å²) in [5.41, 5.74) is 1.00. The van der Waals surface area contributed by atoms with Gasteiger partial charge in [-0.05, 0) is 30.5 Å². The summed E-state index contributed by atoms with van der Waals surface area (Å²) in [6.07, 6.45) is 2.06. The molecule has 2 aromatic carbocycles. The zero-order valence-corrected chi connectivity index (χ0v) is 17.4. The molecule has 1 fully saturated rings. The maximum atomic E-state index is 12.7. The van der Waals surface area contributed by atoms with Gasteiger partial charge in [0.2, 0.25) is 11.8 Å². The van der Waals surface area contributed by atoms with Crippen molar-refractivity contribution in [1.82, 2.24) is 15.5 Å². The van der Waals surface area contributed by atoms with E-state index in [1.165, 1.54) is 0 Å². The molecule has 1 unspecified atom stereocenters. The molecule has 0 saturated carbocycles. The number of hydrogen-bond donors (Lipinski definition) is 2. The lowest BCUT2D eigenvalue weighted by atomic mass is 9.94. The van der Waals surface area contributed by atoms with Gasteiger partial charge in [-0.3, -0.25) is 14.4 Å². The molecule has 2 aliphatic rings. The van der Waals surface area contributed by atoms with E-state index >= 15 is 0 Å². The molecule has 4 rings (SSSR count). The third-order valence-electron chi connectivity index (χ3n) is 5.93. The molecule has 162 valence electrons. The molecule has 7 nitrogen and oxygen atoms in total. The predicted molar refractivity (Wildman–Crippen MR) is 116 cm³/mol. The van der Waals surface area contributed by atoms with E-state index in [0.717, 1.165) is 12.0 Å².